The summed E-state index contributed by atoms with van der Waals surface area (Å²) in [6.45, 7) is 7.08. The van der Waals surface area contributed by atoms with Gasteiger partial charge in [-0.15, -0.1) is 0 Å². The van der Waals surface area contributed by atoms with Gasteiger partial charge in [0.2, 0.25) is 5.95 Å². The van der Waals surface area contributed by atoms with Crippen molar-refractivity contribution < 1.29 is 19.1 Å². The first kappa shape index (κ1) is 37.4. The third-order valence-electron chi connectivity index (χ3n) is 8.60. The van der Waals surface area contributed by atoms with Crippen molar-refractivity contribution >= 4 is 29.1 Å². The highest BCUT2D eigenvalue weighted by atomic mass is 16.5. The molecule has 0 aliphatic rings. The highest BCUT2D eigenvalue weighted by Gasteiger charge is 2.22. The molecule has 0 fully saturated rings. The van der Waals surface area contributed by atoms with Gasteiger partial charge in [-0.3, -0.25) is 9.59 Å². The summed E-state index contributed by atoms with van der Waals surface area (Å²) in [7, 11) is 0. The van der Waals surface area contributed by atoms with E-state index in [4.69, 9.17) is 20.9 Å². The van der Waals surface area contributed by atoms with Crippen molar-refractivity contribution in [1.82, 2.24) is 19.5 Å². The molecule has 0 saturated heterocycles. The summed E-state index contributed by atoms with van der Waals surface area (Å²) in [4.78, 5) is 37.6. The standard InChI is InChI=1S/C34H60N6O4/c1-4-6-7-8-9-10-11-12-13-14-15-16-17-18-19-20-30(41)44-25-28(21-22-43-33(42)31(35)27(3)5-2)24-40-26-38-29-23-37-34(36)39-32(29)40/h23,26-28,31H,4-22,24-25,35H2,1-3H3,(H2,36,37,39)/t27-,28+,31-/m0/s1. The van der Waals surface area contributed by atoms with Crippen LogP contribution < -0.4 is 11.5 Å². The Hall–Kier alpha value is -2.75. The van der Waals surface area contributed by atoms with Crippen LogP contribution in [0.5, 0.6) is 0 Å². The first-order valence-corrected chi connectivity index (χ1v) is 17.4. The minimum absolute atomic E-state index is 0.0430. The van der Waals surface area contributed by atoms with Gasteiger partial charge < -0.3 is 25.5 Å². The van der Waals surface area contributed by atoms with E-state index >= 15 is 0 Å². The van der Waals surface area contributed by atoms with Gasteiger partial charge in [0.05, 0.1) is 25.7 Å². The molecule has 0 unspecified atom stereocenters. The number of nitrogens with two attached hydrogens (primary N) is 2. The van der Waals surface area contributed by atoms with Crippen molar-refractivity contribution in [2.75, 3.05) is 18.9 Å². The molecule has 10 heteroatoms. The summed E-state index contributed by atoms with van der Waals surface area (Å²) in [5.41, 5.74) is 13.1. The molecule has 2 aromatic heterocycles. The number of hydrogen-bond acceptors (Lipinski definition) is 9. The number of esters is 2. The molecule has 0 aliphatic carbocycles. The highest BCUT2D eigenvalue weighted by molar-refractivity contribution is 5.75. The van der Waals surface area contributed by atoms with Gasteiger partial charge in [0, 0.05) is 18.9 Å². The molecule has 3 atom stereocenters. The zero-order valence-corrected chi connectivity index (χ0v) is 27.8. The second-order valence-electron chi connectivity index (χ2n) is 12.5. The summed E-state index contributed by atoms with van der Waals surface area (Å²) in [6, 6.07) is -0.650. The molecule has 2 rings (SSSR count). The maximum atomic E-state index is 12.5. The number of aromatic nitrogens is 4. The number of nitrogens with zero attached hydrogens (tertiary/aromatic N) is 4. The Bertz CT molecular complexity index is 1060. The molecule has 2 heterocycles. The third-order valence-corrected chi connectivity index (χ3v) is 8.60. The monoisotopic (exact) mass is 616 g/mol. The quantitative estimate of drug-likeness (QED) is 0.0831. The Kier molecular flexibility index (Phi) is 19.3. The normalized spacial score (nSPS) is 13.5. The SMILES string of the molecule is CCCCCCCCCCCCCCCCCC(=O)OC[C@H](CCOC(=O)[C@@H](N)[C@@H](C)CC)Cn1cnc2cnc(N)nc21. The molecule has 0 aromatic carbocycles. The molecule has 250 valence electrons. The third kappa shape index (κ3) is 15.3. The van der Waals surface area contributed by atoms with E-state index in [0.717, 1.165) is 25.7 Å². The molecule has 0 aliphatic heterocycles. The fourth-order valence-corrected chi connectivity index (χ4v) is 5.34. The number of unbranched alkanes of at least 4 members (excludes halogenated alkanes) is 14. The fourth-order valence-electron chi connectivity index (χ4n) is 5.34. The van der Waals surface area contributed by atoms with Crippen molar-refractivity contribution in [3.05, 3.63) is 12.5 Å². The molecule has 2 aromatic rings. The lowest BCUT2D eigenvalue weighted by molar-refractivity contribution is -0.149. The number of ether oxygens (including phenoxy) is 2. The van der Waals surface area contributed by atoms with Crippen LogP contribution in [0, 0.1) is 11.8 Å². The summed E-state index contributed by atoms with van der Waals surface area (Å²) in [5.74, 6) is -0.499. The molecule has 10 nitrogen and oxygen atoms in total. The van der Waals surface area contributed by atoms with E-state index < -0.39 is 12.0 Å². The van der Waals surface area contributed by atoms with E-state index in [9.17, 15) is 9.59 Å². The average molecular weight is 617 g/mol. The highest BCUT2D eigenvalue weighted by Crippen LogP contribution is 2.17. The molecule has 0 saturated carbocycles. The van der Waals surface area contributed by atoms with Crippen molar-refractivity contribution in [2.24, 2.45) is 17.6 Å². The van der Waals surface area contributed by atoms with Crippen LogP contribution in [0.2, 0.25) is 0 Å². The summed E-state index contributed by atoms with van der Waals surface area (Å²) < 4.78 is 13.0. The minimum Gasteiger partial charge on any atom is -0.465 e. The lowest BCUT2D eigenvalue weighted by Crippen LogP contribution is -2.38. The molecule has 0 spiro atoms. The maximum Gasteiger partial charge on any atom is 0.323 e. The van der Waals surface area contributed by atoms with Crippen LogP contribution >= 0.6 is 0 Å². The van der Waals surface area contributed by atoms with Crippen LogP contribution in [0.3, 0.4) is 0 Å². The summed E-state index contributed by atoms with van der Waals surface area (Å²) in [6.07, 6.45) is 24.3. The van der Waals surface area contributed by atoms with Crippen molar-refractivity contribution in [3.63, 3.8) is 0 Å². The van der Waals surface area contributed by atoms with Crippen LogP contribution in [0.1, 0.15) is 136 Å². The van der Waals surface area contributed by atoms with E-state index in [1.807, 2.05) is 18.4 Å². The average Bonchev–Trinajstić information content (AvgIpc) is 3.41. The number of carbonyl (C=O) groups excluding carboxylic acids is 2. The molecule has 0 amide bonds. The van der Waals surface area contributed by atoms with Crippen molar-refractivity contribution in [2.45, 2.75) is 149 Å². The van der Waals surface area contributed by atoms with Crippen LogP contribution in [-0.4, -0.2) is 50.7 Å². The number of nitrogen functional groups attached to an aromatic ring is 1. The number of imidazole rings is 1. The zero-order valence-electron chi connectivity index (χ0n) is 27.8. The Morgan fingerprint density at radius 1 is 0.864 bits per heavy atom. The Morgan fingerprint density at radius 2 is 1.45 bits per heavy atom. The Balaban J connectivity index is 1.66. The van der Waals surface area contributed by atoms with Crippen LogP contribution in [0.25, 0.3) is 11.2 Å². The van der Waals surface area contributed by atoms with E-state index in [1.165, 1.54) is 77.0 Å². The molecular weight excluding hydrogens is 556 g/mol. The smallest absolute Gasteiger partial charge is 0.323 e. The van der Waals surface area contributed by atoms with Gasteiger partial charge in [0.15, 0.2) is 5.65 Å². The van der Waals surface area contributed by atoms with Gasteiger partial charge >= 0.3 is 11.9 Å². The lowest BCUT2D eigenvalue weighted by atomic mass is 10.0. The molecule has 0 bridgehead atoms. The van der Waals surface area contributed by atoms with Gasteiger partial charge in [0.25, 0.3) is 0 Å². The van der Waals surface area contributed by atoms with Gasteiger partial charge in [-0.25, -0.2) is 9.97 Å². The Morgan fingerprint density at radius 3 is 2.05 bits per heavy atom. The van der Waals surface area contributed by atoms with Crippen molar-refractivity contribution in [1.29, 1.82) is 0 Å². The van der Waals surface area contributed by atoms with Crippen molar-refractivity contribution in [3.8, 4) is 0 Å². The fraction of sp³-hybridized carbons (Fsp3) is 0.794. The van der Waals surface area contributed by atoms with E-state index in [0.29, 0.717) is 30.6 Å². The minimum atomic E-state index is -0.650. The lowest BCUT2D eigenvalue weighted by Gasteiger charge is -2.20. The largest absolute Gasteiger partial charge is 0.465 e. The number of carbonyl (C=O) groups is 2. The number of rotatable bonds is 26. The van der Waals surface area contributed by atoms with E-state index in [1.54, 1.807) is 12.5 Å². The maximum absolute atomic E-state index is 12.5. The molecular formula is C34H60N6O4. The number of hydrogen-bond donors (Lipinski definition) is 2. The summed E-state index contributed by atoms with van der Waals surface area (Å²) >= 11 is 0. The first-order chi connectivity index (χ1) is 21.3. The molecule has 0 radical (unpaired) electrons. The number of fused-ring (bicyclic) bond motifs is 1. The van der Waals surface area contributed by atoms with Gasteiger partial charge in [-0.2, -0.15) is 4.98 Å². The summed E-state index contributed by atoms with van der Waals surface area (Å²) in [5, 5.41) is 0. The van der Waals surface area contributed by atoms with Crippen LogP contribution in [0.15, 0.2) is 12.5 Å². The number of anilines is 1. The molecule has 4 N–H and O–H groups in total. The first-order valence-electron chi connectivity index (χ1n) is 17.4. The van der Waals surface area contributed by atoms with E-state index in [-0.39, 0.29) is 37.0 Å². The van der Waals surface area contributed by atoms with Gasteiger partial charge in [-0.1, -0.05) is 117 Å². The topological polar surface area (TPSA) is 148 Å². The predicted octanol–water partition coefficient (Wildman–Crippen LogP) is 7.14. The van der Waals surface area contributed by atoms with Crippen LogP contribution in [-0.2, 0) is 25.6 Å². The second-order valence-corrected chi connectivity index (χ2v) is 12.5. The van der Waals surface area contributed by atoms with Crippen LogP contribution in [0.4, 0.5) is 5.95 Å². The van der Waals surface area contributed by atoms with E-state index in [2.05, 4.69) is 21.9 Å². The molecule has 44 heavy (non-hydrogen) atoms. The van der Waals surface area contributed by atoms with Gasteiger partial charge in [-0.05, 0) is 18.8 Å². The Labute approximate surface area is 265 Å². The second kappa shape index (κ2) is 22.7. The predicted molar refractivity (Wildman–Crippen MR) is 177 cm³/mol. The van der Waals surface area contributed by atoms with Gasteiger partial charge in [0.1, 0.15) is 11.6 Å². The zero-order chi connectivity index (χ0) is 32.0.